The van der Waals surface area contributed by atoms with Crippen LogP contribution in [0.4, 0.5) is 0 Å². The predicted octanol–water partition coefficient (Wildman–Crippen LogP) is -0.446. The molecule has 0 saturated carbocycles. The maximum atomic E-state index is 11.4. The van der Waals surface area contributed by atoms with Crippen molar-refractivity contribution in [3.63, 3.8) is 0 Å². The molecule has 6 nitrogen and oxygen atoms in total. The van der Waals surface area contributed by atoms with Crippen LogP contribution < -0.4 is 5.48 Å². The van der Waals surface area contributed by atoms with Crippen LogP contribution in [0.15, 0.2) is 0 Å². The molecule has 14 heavy (non-hydrogen) atoms. The van der Waals surface area contributed by atoms with Crippen molar-refractivity contribution < 1.29 is 18.4 Å². The Morgan fingerprint density at radius 1 is 1.43 bits per heavy atom. The number of hydrogen-bond acceptors (Lipinski definition) is 4. The van der Waals surface area contributed by atoms with Crippen LogP contribution in [-0.2, 0) is 14.8 Å². The highest BCUT2D eigenvalue weighted by molar-refractivity contribution is 7.89. The number of nitrogens with zero attached hydrogens (tertiary/aromatic N) is 1. The summed E-state index contributed by atoms with van der Waals surface area (Å²) < 4.78 is 23.9. The van der Waals surface area contributed by atoms with Gasteiger partial charge in [0, 0.05) is 19.5 Å². The van der Waals surface area contributed by atoms with Gasteiger partial charge in [-0.25, -0.2) is 18.2 Å². The Balaban J connectivity index is 4.24. The van der Waals surface area contributed by atoms with Crippen molar-refractivity contribution in [2.24, 2.45) is 0 Å². The third-order valence-electron chi connectivity index (χ3n) is 1.82. The molecule has 0 aliphatic heterocycles. The smallest absolute Gasteiger partial charge is 0.244 e. The van der Waals surface area contributed by atoms with Crippen molar-refractivity contribution in [1.82, 2.24) is 9.79 Å². The van der Waals surface area contributed by atoms with Gasteiger partial charge in [-0.15, -0.1) is 0 Å². The van der Waals surface area contributed by atoms with E-state index in [-0.39, 0.29) is 18.7 Å². The van der Waals surface area contributed by atoms with Gasteiger partial charge >= 0.3 is 0 Å². The van der Waals surface area contributed by atoms with E-state index in [0.29, 0.717) is 6.54 Å². The minimum Gasteiger partial charge on any atom is -0.289 e. The van der Waals surface area contributed by atoms with E-state index in [0.717, 1.165) is 0 Å². The van der Waals surface area contributed by atoms with Gasteiger partial charge in [-0.3, -0.25) is 10.0 Å². The summed E-state index contributed by atoms with van der Waals surface area (Å²) in [5.74, 6) is -0.573. The molecular formula is C7H16N2O4S. The molecule has 0 rings (SSSR count). The fourth-order valence-electron chi connectivity index (χ4n) is 0.959. The van der Waals surface area contributed by atoms with Gasteiger partial charge in [0.25, 0.3) is 0 Å². The van der Waals surface area contributed by atoms with Crippen LogP contribution in [0.1, 0.15) is 20.3 Å². The van der Waals surface area contributed by atoms with Crippen molar-refractivity contribution in [2.45, 2.75) is 20.3 Å². The average Bonchev–Trinajstić information content (AvgIpc) is 2.18. The number of rotatable bonds is 6. The second-order valence-electron chi connectivity index (χ2n) is 2.68. The molecule has 0 aromatic rings. The standard InChI is InChI=1S/C7H16N2O4S/c1-3-9(14(12,13)4-2)6-5-7(10)8-11/h11H,3-6H2,1-2H3,(H,8,10). The van der Waals surface area contributed by atoms with E-state index in [1.807, 2.05) is 0 Å². The van der Waals surface area contributed by atoms with Gasteiger partial charge < -0.3 is 0 Å². The van der Waals surface area contributed by atoms with E-state index >= 15 is 0 Å². The summed E-state index contributed by atoms with van der Waals surface area (Å²) in [6.07, 6.45) is -0.0381. The van der Waals surface area contributed by atoms with Crippen LogP contribution in [0.3, 0.4) is 0 Å². The zero-order valence-corrected chi connectivity index (χ0v) is 9.17. The van der Waals surface area contributed by atoms with Gasteiger partial charge in [0.05, 0.1) is 5.75 Å². The molecule has 0 aromatic carbocycles. The summed E-state index contributed by atoms with van der Waals surface area (Å²) in [6, 6.07) is 0. The van der Waals surface area contributed by atoms with Crippen molar-refractivity contribution in [2.75, 3.05) is 18.8 Å². The molecule has 0 unspecified atom stereocenters. The first-order valence-electron chi connectivity index (χ1n) is 4.38. The maximum Gasteiger partial charge on any atom is 0.244 e. The lowest BCUT2D eigenvalue weighted by molar-refractivity contribution is -0.129. The lowest BCUT2D eigenvalue weighted by Crippen LogP contribution is -2.35. The lowest BCUT2D eigenvalue weighted by atomic mass is 10.4. The Labute approximate surface area is 83.9 Å². The van der Waals surface area contributed by atoms with Crippen molar-refractivity contribution in [3.8, 4) is 0 Å². The number of amides is 1. The van der Waals surface area contributed by atoms with E-state index in [4.69, 9.17) is 5.21 Å². The Morgan fingerprint density at radius 3 is 2.36 bits per heavy atom. The Morgan fingerprint density at radius 2 is 2.00 bits per heavy atom. The molecule has 1 amide bonds. The predicted molar refractivity (Wildman–Crippen MR) is 51.3 cm³/mol. The topological polar surface area (TPSA) is 86.7 Å². The zero-order valence-electron chi connectivity index (χ0n) is 8.36. The van der Waals surface area contributed by atoms with Crippen LogP contribution in [0, 0.1) is 0 Å². The molecular weight excluding hydrogens is 208 g/mol. The second kappa shape index (κ2) is 5.94. The van der Waals surface area contributed by atoms with E-state index in [2.05, 4.69) is 0 Å². The van der Waals surface area contributed by atoms with Crippen LogP contribution in [0.5, 0.6) is 0 Å². The summed E-state index contributed by atoms with van der Waals surface area (Å²) in [4.78, 5) is 10.7. The summed E-state index contributed by atoms with van der Waals surface area (Å²) in [5, 5.41) is 8.21. The van der Waals surface area contributed by atoms with Crippen molar-refractivity contribution in [1.29, 1.82) is 0 Å². The van der Waals surface area contributed by atoms with Crippen LogP contribution in [0.2, 0.25) is 0 Å². The molecule has 2 N–H and O–H groups in total. The van der Waals surface area contributed by atoms with Gasteiger partial charge in [-0.1, -0.05) is 6.92 Å². The highest BCUT2D eigenvalue weighted by atomic mass is 32.2. The Kier molecular flexibility index (Phi) is 5.66. The number of nitrogens with one attached hydrogen (secondary N) is 1. The third kappa shape index (κ3) is 4.03. The summed E-state index contributed by atoms with van der Waals surface area (Å²) in [7, 11) is -3.24. The summed E-state index contributed by atoms with van der Waals surface area (Å²) in [5.41, 5.74) is 1.45. The summed E-state index contributed by atoms with van der Waals surface area (Å²) >= 11 is 0. The minimum atomic E-state index is -3.24. The number of hydroxylamine groups is 1. The zero-order chi connectivity index (χ0) is 11.2. The number of sulfonamides is 1. The molecule has 7 heteroatoms. The highest BCUT2D eigenvalue weighted by Crippen LogP contribution is 2.01. The molecule has 0 fully saturated rings. The molecule has 0 spiro atoms. The van der Waals surface area contributed by atoms with Crippen LogP contribution >= 0.6 is 0 Å². The van der Waals surface area contributed by atoms with E-state index < -0.39 is 15.9 Å². The van der Waals surface area contributed by atoms with E-state index in [9.17, 15) is 13.2 Å². The Hall–Kier alpha value is -0.660. The number of carbonyl (C=O) groups is 1. The highest BCUT2D eigenvalue weighted by Gasteiger charge is 2.18. The van der Waals surface area contributed by atoms with Gasteiger partial charge in [0.2, 0.25) is 15.9 Å². The molecule has 0 bridgehead atoms. The first-order chi connectivity index (χ1) is 6.47. The van der Waals surface area contributed by atoms with Crippen molar-refractivity contribution >= 4 is 15.9 Å². The summed E-state index contributed by atoms with van der Waals surface area (Å²) in [6.45, 7) is 3.67. The fourth-order valence-corrected chi connectivity index (χ4v) is 2.09. The van der Waals surface area contributed by atoms with Crippen LogP contribution in [-0.4, -0.2) is 42.7 Å². The number of hydrogen-bond donors (Lipinski definition) is 2. The third-order valence-corrected chi connectivity index (χ3v) is 3.78. The maximum absolute atomic E-state index is 11.4. The van der Waals surface area contributed by atoms with Crippen molar-refractivity contribution in [3.05, 3.63) is 0 Å². The molecule has 0 radical (unpaired) electrons. The molecule has 0 aromatic heterocycles. The second-order valence-corrected chi connectivity index (χ2v) is 4.93. The van der Waals surface area contributed by atoms with Gasteiger partial charge in [0.1, 0.15) is 0 Å². The lowest BCUT2D eigenvalue weighted by Gasteiger charge is -2.18. The largest absolute Gasteiger partial charge is 0.289 e. The molecule has 0 aliphatic rings. The average molecular weight is 224 g/mol. The molecule has 0 heterocycles. The van der Waals surface area contributed by atoms with E-state index in [1.165, 1.54) is 9.79 Å². The van der Waals surface area contributed by atoms with Gasteiger partial charge in [-0.2, -0.15) is 0 Å². The minimum absolute atomic E-state index is 0.0155. The van der Waals surface area contributed by atoms with Gasteiger partial charge in [-0.05, 0) is 6.92 Å². The Bertz CT molecular complexity index is 275. The first-order valence-corrected chi connectivity index (χ1v) is 5.99. The first kappa shape index (κ1) is 13.3. The molecule has 84 valence electrons. The number of carbonyl (C=O) groups excluding carboxylic acids is 1. The van der Waals surface area contributed by atoms with Gasteiger partial charge in [0.15, 0.2) is 0 Å². The van der Waals surface area contributed by atoms with Crippen LogP contribution in [0.25, 0.3) is 0 Å². The normalized spacial score (nSPS) is 11.7. The van der Waals surface area contributed by atoms with E-state index in [1.54, 1.807) is 13.8 Å². The SMILES string of the molecule is CCN(CCC(=O)NO)S(=O)(=O)CC. The quantitative estimate of drug-likeness (QED) is 0.473. The monoisotopic (exact) mass is 224 g/mol. The fraction of sp³-hybridized carbons (Fsp3) is 0.857. The molecule has 0 aliphatic carbocycles. The molecule has 0 saturated heterocycles. The molecule has 0 atom stereocenters.